The van der Waals surface area contributed by atoms with Crippen molar-refractivity contribution >= 4 is 23.2 Å². The molecule has 0 bridgehead atoms. The number of nitrogens with zero attached hydrogens (tertiary/aromatic N) is 2. The van der Waals surface area contributed by atoms with E-state index in [0.29, 0.717) is 17.2 Å². The van der Waals surface area contributed by atoms with Gasteiger partial charge in [0.1, 0.15) is 18.0 Å². The zero-order valence-corrected chi connectivity index (χ0v) is 17.2. The minimum absolute atomic E-state index is 0.274. The predicted molar refractivity (Wildman–Crippen MR) is 114 cm³/mol. The SMILES string of the molecule is COc1cc(OC)c(NC(=O)Cn2c(=O)ccn(Cc3ccccc3)c2=O)cc1Cl. The molecule has 2 aromatic carbocycles. The normalized spacial score (nSPS) is 10.5. The molecule has 3 aromatic rings. The van der Waals surface area contributed by atoms with Crippen LogP contribution in [0.25, 0.3) is 0 Å². The topological polar surface area (TPSA) is 91.6 Å². The summed E-state index contributed by atoms with van der Waals surface area (Å²) < 4.78 is 12.6. The van der Waals surface area contributed by atoms with Crippen LogP contribution in [-0.2, 0) is 17.9 Å². The number of ether oxygens (including phenoxy) is 2. The molecule has 0 aliphatic carbocycles. The van der Waals surface area contributed by atoms with Gasteiger partial charge in [0, 0.05) is 18.3 Å². The third kappa shape index (κ3) is 4.72. The molecule has 1 heterocycles. The molecule has 0 aliphatic heterocycles. The van der Waals surface area contributed by atoms with Crippen molar-refractivity contribution in [1.29, 1.82) is 0 Å². The number of hydrogen-bond acceptors (Lipinski definition) is 5. The van der Waals surface area contributed by atoms with E-state index in [1.807, 2.05) is 30.3 Å². The fourth-order valence-corrected chi connectivity index (χ4v) is 3.13. The van der Waals surface area contributed by atoms with Crippen LogP contribution < -0.4 is 26.0 Å². The van der Waals surface area contributed by atoms with Crippen LogP contribution in [0.1, 0.15) is 5.56 Å². The first kappa shape index (κ1) is 21.2. The Morgan fingerprint density at radius 1 is 1.03 bits per heavy atom. The van der Waals surface area contributed by atoms with Crippen LogP contribution in [-0.4, -0.2) is 29.3 Å². The van der Waals surface area contributed by atoms with E-state index in [9.17, 15) is 14.4 Å². The quantitative estimate of drug-likeness (QED) is 0.622. The first-order valence-corrected chi connectivity index (χ1v) is 9.36. The highest BCUT2D eigenvalue weighted by Gasteiger charge is 2.15. The van der Waals surface area contributed by atoms with Gasteiger partial charge in [-0.1, -0.05) is 41.9 Å². The van der Waals surface area contributed by atoms with Crippen LogP contribution in [0.3, 0.4) is 0 Å². The highest BCUT2D eigenvalue weighted by Crippen LogP contribution is 2.35. The smallest absolute Gasteiger partial charge is 0.331 e. The molecule has 9 heteroatoms. The number of nitrogens with one attached hydrogen (secondary N) is 1. The van der Waals surface area contributed by atoms with Crippen LogP contribution in [0.5, 0.6) is 11.5 Å². The van der Waals surface area contributed by atoms with Crippen molar-refractivity contribution in [2.45, 2.75) is 13.1 Å². The Labute approximate surface area is 177 Å². The second-order valence-corrected chi connectivity index (χ2v) is 6.78. The standard InChI is InChI=1S/C21H20ClN3O5/c1-29-17-11-18(30-2)16(10-15(17)22)23-19(26)13-25-20(27)8-9-24(21(25)28)12-14-6-4-3-5-7-14/h3-11H,12-13H2,1-2H3,(H,23,26). The molecule has 0 unspecified atom stereocenters. The minimum atomic E-state index is -0.582. The molecule has 0 radical (unpaired) electrons. The van der Waals surface area contributed by atoms with E-state index in [-0.39, 0.29) is 11.6 Å². The fourth-order valence-electron chi connectivity index (χ4n) is 2.89. The number of methoxy groups -OCH3 is 2. The number of aromatic nitrogens is 2. The maximum Gasteiger partial charge on any atom is 0.331 e. The van der Waals surface area contributed by atoms with E-state index < -0.39 is 23.7 Å². The molecule has 1 amide bonds. The Balaban J connectivity index is 1.84. The summed E-state index contributed by atoms with van der Waals surface area (Å²) in [6.07, 6.45) is 1.42. The average molecular weight is 430 g/mol. The van der Waals surface area contributed by atoms with Gasteiger partial charge < -0.3 is 14.8 Å². The molecule has 1 N–H and O–H groups in total. The number of hydrogen-bond donors (Lipinski definition) is 1. The third-order valence-electron chi connectivity index (χ3n) is 4.39. The number of rotatable bonds is 7. The maximum absolute atomic E-state index is 12.7. The molecule has 0 atom stereocenters. The Kier molecular flexibility index (Phi) is 6.58. The summed E-state index contributed by atoms with van der Waals surface area (Å²) in [4.78, 5) is 37.5. The molecule has 0 fully saturated rings. The second kappa shape index (κ2) is 9.32. The predicted octanol–water partition coefficient (Wildman–Crippen LogP) is 2.37. The molecular formula is C21H20ClN3O5. The van der Waals surface area contributed by atoms with Crippen LogP contribution in [0, 0.1) is 0 Å². The lowest BCUT2D eigenvalue weighted by atomic mass is 10.2. The molecule has 0 spiro atoms. The fraction of sp³-hybridized carbons (Fsp3) is 0.190. The summed E-state index contributed by atoms with van der Waals surface area (Å²) in [5.74, 6) is 0.132. The average Bonchev–Trinajstić information content (AvgIpc) is 2.74. The number of amides is 1. The molecule has 0 saturated heterocycles. The Morgan fingerprint density at radius 3 is 2.40 bits per heavy atom. The molecular weight excluding hydrogens is 410 g/mol. The van der Waals surface area contributed by atoms with E-state index in [4.69, 9.17) is 21.1 Å². The van der Waals surface area contributed by atoms with Gasteiger partial charge in [0.05, 0.1) is 31.5 Å². The van der Waals surface area contributed by atoms with Crippen molar-refractivity contribution in [2.24, 2.45) is 0 Å². The molecule has 0 saturated carbocycles. The number of carbonyl (C=O) groups is 1. The number of anilines is 1. The van der Waals surface area contributed by atoms with Gasteiger partial charge in [-0.3, -0.25) is 18.7 Å². The van der Waals surface area contributed by atoms with Gasteiger partial charge in [0.2, 0.25) is 5.91 Å². The lowest BCUT2D eigenvalue weighted by Gasteiger charge is -2.14. The van der Waals surface area contributed by atoms with Gasteiger partial charge >= 0.3 is 5.69 Å². The molecule has 30 heavy (non-hydrogen) atoms. The zero-order valence-electron chi connectivity index (χ0n) is 16.4. The molecule has 3 rings (SSSR count). The lowest BCUT2D eigenvalue weighted by Crippen LogP contribution is -2.41. The third-order valence-corrected chi connectivity index (χ3v) is 4.68. The summed E-state index contributed by atoms with van der Waals surface area (Å²) in [5.41, 5.74) is 0.0363. The summed E-state index contributed by atoms with van der Waals surface area (Å²) in [7, 11) is 2.89. The zero-order chi connectivity index (χ0) is 21.7. The van der Waals surface area contributed by atoms with Gasteiger partial charge in [-0.05, 0) is 11.6 Å². The lowest BCUT2D eigenvalue weighted by molar-refractivity contribution is -0.116. The van der Waals surface area contributed by atoms with Crippen LogP contribution in [0.2, 0.25) is 5.02 Å². The summed E-state index contributed by atoms with van der Waals surface area (Å²) in [6, 6.07) is 13.6. The van der Waals surface area contributed by atoms with Crippen LogP contribution >= 0.6 is 11.6 Å². The number of carbonyl (C=O) groups excluding carboxylic acids is 1. The van der Waals surface area contributed by atoms with Crippen molar-refractivity contribution in [3.63, 3.8) is 0 Å². The highest BCUT2D eigenvalue weighted by atomic mass is 35.5. The van der Waals surface area contributed by atoms with E-state index in [1.54, 1.807) is 0 Å². The molecule has 0 aliphatic rings. The molecule has 8 nitrogen and oxygen atoms in total. The Hall–Kier alpha value is -3.52. The van der Waals surface area contributed by atoms with Gasteiger partial charge in [-0.2, -0.15) is 0 Å². The van der Waals surface area contributed by atoms with Crippen LogP contribution in [0.15, 0.2) is 64.3 Å². The van der Waals surface area contributed by atoms with Gasteiger partial charge in [-0.15, -0.1) is 0 Å². The van der Waals surface area contributed by atoms with Gasteiger partial charge in [-0.25, -0.2) is 4.79 Å². The minimum Gasteiger partial charge on any atom is -0.495 e. The number of benzene rings is 2. The van der Waals surface area contributed by atoms with E-state index in [1.165, 1.54) is 43.2 Å². The summed E-state index contributed by atoms with van der Waals surface area (Å²) in [6.45, 7) is -0.177. The first-order valence-electron chi connectivity index (χ1n) is 8.98. The summed E-state index contributed by atoms with van der Waals surface area (Å²) in [5, 5.41) is 2.89. The van der Waals surface area contributed by atoms with Gasteiger partial charge in [0.15, 0.2) is 0 Å². The molecule has 156 valence electrons. The summed E-state index contributed by atoms with van der Waals surface area (Å²) >= 11 is 6.11. The van der Waals surface area contributed by atoms with Crippen molar-refractivity contribution in [3.8, 4) is 11.5 Å². The van der Waals surface area contributed by atoms with Gasteiger partial charge in [0.25, 0.3) is 5.56 Å². The second-order valence-electron chi connectivity index (χ2n) is 6.37. The van der Waals surface area contributed by atoms with Crippen molar-refractivity contribution in [1.82, 2.24) is 9.13 Å². The van der Waals surface area contributed by atoms with Crippen molar-refractivity contribution < 1.29 is 14.3 Å². The monoisotopic (exact) mass is 429 g/mol. The maximum atomic E-state index is 12.7. The van der Waals surface area contributed by atoms with Crippen molar-refractivity contribution in [3.05, 3.63) is 86.2 Å². The first-order chi connectivity index (χ1) is 14.4. The van der Waals surface area contributed by atoms with Crippen LogP contribution in [0.4, 0.5) is 5.69 Å². The van der Waals surface area contributed by atoms with E-state index >= 15 is 0 Å². The van der Waals surface area contributed by atoms with Crippen molar-refractivity contribution in [2.75, 3.05) is 19.5 Å². The largest absolute Gasteiger partial charge is 0.495 e. The highest BCUT2D eigenvalue weighted by molar-refractivity contribution is 6.32. The van der Waals surface area contributed by atoms with E-state index in [0.717, 1.165) is 10.1 Å². The molecule has 1 aromatic heterocycles. The Bertz CT molecular complexity index is 1170. The van der Waals surface area contributed by atoms with E-state index in [2.05, 4.69) is 5.32 Å². The Morgan fingerprint density at radius 2 is 1.73 bits per heavy atom. The number of halogens is 1.